The van der Waals surface area contributed by atoms with Gasteiger partial charge in [-0.05, 0) is 24.5 Å². The highest BCUT2D eigenvalue weighted by atomic mass is 16.5. The maximum absolute atomic E-state index is 10.9. The molecule has 1 heterocycles. The van der Waals surface area contributed by atoms with Gasteiger partial charge in [-0.25, -0.2) is 9.78 Å². The molecule has 1 rings (SSSR count). The normalized spacial score (nSPS) is 10.1. The SMILES string of the molecule is COC(=O)Nc1ccc(NCCC(C)C)nc1. The first-order valence-corrected chi connectivity index (χ1v) is 5.66. The summed E-state index contributed by atoms with van der Waals surface area (Å²) in [5, 5.41) is 5.76. The lowest BCUT2D eigenvalue weighted by Gasteiger charge is -2.08. The Kier molecular flexibility index (Phi) is 5.26. The van der Waals surface area contributed by atoms with Crippen molar-refractivity contribution in [1.29, 1.82) is 0 Å². The van der Waals surface area contributed by atoms with Gasteiger partial charge in [-0.3, -0.25) is 5.32 Å². The number of carbonyl (C=O) groups excluding carboxylic acids is 1. The molecule has 0 aliphatic heterocycles. The van der Waals surface area contributed by atoms with Crippen molar-refractivity contribution >= 4 is 17.6 Å². The molecule has 0 saturated heterocycles. The Morgan fingerprint density at radius 1 is 1.47 bits per heavy atom. The summed E-state index contributed by atoms with van der Waals surface area (Å²) < 4.78 is 4.48. The number of methoxy groups -OCH3 is 1. The van der Waals surface area contributed by atoms with Crippen LogP contribution in [0.4, 0.5) is 16.3 Å². The van der Waals surface area contributed by atoms with Gasteiger partial charge in [0.15, 0.2) is 0 Å². The molecule has 5 nitrogen and oxygen atoms in total. The smallest absolute Gasteiger partial charge is 0.411 e. The summed E-state index contributed by atoms with van der Waals surface area (Å²) in [5.74, 6) is 1.48. The number of hydrogen-bond acceptors (Lipinski definition) is 4. The van der Waals surface area contributed by atoms with Crippen LogP contribution in [0.2, 0.25) is 0 Å². The zero-order valence-electron chi connectivity index (χ0n) is 10.5. The second-order valence-electron chi connectivity index (χ2n) is 4.16. The van der Waals surface area contributed by atoms with Crippen LogP contribution >= 0.6 is 0 Å². The monoisotopic (exact) mass is 237 g/mol. The Labute approximate surface area is 102 Å². The first-order valence-electron chi connectivity index (χ1n) is 5.66. The summed E-state index contributed by atoms with van der Waals surface area (Å²) in [7, 11) is 1.32. The molecule has 1 aromatic heterocycles. The van der Waals surface area contributed by atoms with Crippen LogP contribution < -0.4 is 10.6 Å². The van der Waals surface area contributed by atoms with Crippen LogP contribution in [0.25, 0.3) is 0 Å². The Hall–Kier alpha value is -1.78. The molecule has 17 heavy (non-hydrogen) atoms. The van der Waals surface area contributed by atoms with Crippen LogP contribution in [0.1, 0.15) is 20.3 Å². The van der Waals surface area contributed by atoms with E-state index < -0.39 is 6.09 Å². The molecule has 0 aliphatic rings. The quantitative estimate of drug-likeness (QED) is 0.826. The molecule has 0 aromatic carbocycles. The van der Waals surface area contributed by atoms with Gasteiger partial charge < -0.3 is 10.1 Å². The number of ether oxygens (including phenoxy) is 1. The van der Waals surface area contributed by atoms with Crippen LogP contribution in [0.3, 0.4) is 0 Å². The number of amides is 1. The lowest BCUT2D eigenvalue weighted by atomic mass is 10.1. The maximum atomic E-state index is 10.9. The van der Waals surface area contributed by atoms with E-state index in [0.717, 1.165) is 18.8 Å². The van der Waals surface area contributed by atoms with Crippen LogP contribution in [0.5, 0.6) is 0 Å². The fourth-order valence-electron chi connectivity index (χ4n) is 1.23. The van der Waals surface area contributed by atoms with Crippen molar-refractivity contribution in [2.45, 2.75) is 20.3 Å². The van der Waals surface area contributed by atoms with Crippen molar-refractivity contribution in [1.82, 2.24) is 4.98 Å². The lowest BCUT2D eigenvalue weighted by molar-refractivity contribution is 0.187. The number of nitrogens with zero attached hydrogens (tertiary/aromatic N) is 1. The molecule has 0 aliphatic carbocycles. The molecule has 5 heteroatoms. The van der Waals surface area contributed by atoms with Crippen molar-refractivity contribution in [3.8, 4) is 0 Å². The van der Waals surface area contributed by atoms with Gasteiger partial charge >= 0.3 is 6.09 Å². The molecule has 0 radical (unpaired) electrons. The van der Waals surface area contributed by atoms with E-state index in [9.17, 15) is 4.79 Å². The number of carbonyl (C=O) groups is 1. The van der Waals surface area contributed by atoms with Crippen molar-refractivity contribution in [3.63, 3.8) is 0 Å². The van der Waals surface area contributed by atoms with Gasteiger partial charge in [0, 0.05) is 6.54 Å². The number of hydrogen-bond donors (Lipinski definition) is 2. The topological polar surface area (TPSA) is 63.2 Å². The van der Waals surface area contributed by atoms with Gasteiger partial charge in [0.1, 0.15) is 5.82 Å². The zero-order valence-corrected chi connectivity index (χ0v) is 10.5. The molecule has 94 valence electrons. The first kappa shape index (κ1) is 13.3. The molecule has 1 aromatic rings. The number of rotatable bonds is 5. The van der Waals surface area contributed by atoms with Crippen molar-refractivity contribution in [2.75, 3.05) is 24.3 Å². The van der Waals surface area contributed by atoms with Crippen LogP contribution in [-0.2, 0) is 4.74 Å². The zero-order chi connectivity index (χ0) is 12.7. The minimum Gasteiger partial charge on any atom is -0.453 e. The second kappa shape index (κ2) is 6.73. The third-order valence-electron chi connectivity index (χ3n) is 2.22. The molecule has 1 amide bonds. The Morgan fingerprint density at radius 2 is 2.24 bits per heavy atom. The third kappa shape index (κ3) is 5.19. The minimum atomic E-state index is -0.493. The highest BCUT2D eigenvalue weighted by molar-refractivity contribution is 5.84. The average Bonchev–Trinajstić information content (AvgIpc) is 2.31. The highest BCUT2D eigenvalue weighted by Crippen LogP contribution is 2.10. The molecule has 0 unspecified atom stereocenters. The molecule has 0 fully saturated rings. The van der Waals surface area contributed by atoms with E-state index in [0.29, 0.717) is 11.6 Å². The van der Waals surface area contributed by atoms with Crippen molar-refractivity contribution in [3.05, 3.63) is 18.3 Å². The summed E-state index contributed by atoms with van der Waals surface area (Å²) in [5.41, 5.74) is 0.617. The second-order valence-corrected chi connectivity index (χ2v) is 4.16. The number of anilines is 2. The molecular weight excluding hydrogens is 218 g/mol. The van der Waals surface area contributed by atoms with Gasteiger partial charge in [-0.15, -0.1) is 0 Å². The van der Waals surface area contributed by atoms with E-state index in [1.165, 1.54) is 7.11 Å². The van der Waals surface area contributed by atoms with Gasteiger partial charge in [0.05, 0.1) is 19.0 Å². The van der Waals surface area contributed by atoms with E-state index in [1.807, 2.05) is 6.07 Å². The summed E-state index contributed by atoms with van der Waals surface area (Å²) in [6.45, 7) is 5.26. The number of nitrogens with one attached hydrogen (secondary N) is 2. The number of pyridine rings is 1. The summed E-state index contributed by atoms with van der Waals surface area (Å²) in [6, 6.07) is 3.60. The summed E-state index contributed by atoms with van der Waals surface area (Å²) >= 11 is 0. The Bertz CT molecular complexity index is 349. The largest absolute Gasteiger partial charge is 0.453 e. The predicted octanol–water partition coefficient (Wildman–Crippen LogP) is 2.72. The fraction of sp³-hybridized carbons (Fsp3) is 0.500. The van der Waals surface area contributed by atoms with Crippen LogP contribution in [0, 0.1) is 5.92 Å². The maximum Gasteiger partial charge on any atom is 0.411 e. The number of aromatic nitrogens is 1. The average molecular weight is 237 g/mol. The van der Waals surface area contributed by atoms with Gasteiger partial charge in [0.25, 0.3) is 0 Å². The minimum absolute atomic E-state index is 0.493. The Morgan fingerprint density at radius 3 is 2.76 bits per heavy atom. The first-order chi connectivity index (χ1) is 8.11. The Balaban J connectivity index is 2.42. The van der Waals surface area contributed by atoms with Gasteiger partial charge in [-0.1, -0.05) is 13.8 Å². The van der Waals surface area contributed by atoms with Crippen LogP contribution in [-0.4, -0.2) is 24.7 Å². The van der Waals surface area contributed by atoms with Gasteiger partial charge in [0.2, 0.25) is 0 Å². The highest BCUT2D eigenvalue weighted by Gasteiger charge is 2.01. The summed E-state index contributed by atoms with van der Waals surface area (Å²) in [6.07, 6.45) is 2.20. The van der Waals surface area contributed by atoms with E-state index in [1.54, 1.807) is 12.3 Å². The third-order valence-corrected chi connectivity index (χ3v) is 2.22. The predicted molar refractivity (Wildman–Crippen MR) is 68.2 cm³/mol. The molecular formula is C12H19N3O2. The van der Waals surface area contributed by atoms with E-state index in [-0.39, 0.29) is 0 Å². The van der Waals surface area contributed by atoms with Crippen molar-refractivity contribution in [2.24, 2.45) is 5.92 Å². The molecule has 2 N–H and O–H groups in total. The molecule has 0 spiro atoms. The standard InChI is InChI=1S/C12H19N3O2/c1-9(2)6-7-13-11-5-4-10(8-14-11)15-12(16)17-3/h4-5,8-9H,6-7H2,1-3H3,(H,13,14)(H,15,16). The molecule has 0 saturated carbocycles. The lowest BCUT2D eigenvalue weighted by Crippen LogP contribution is -2.11. The molecule has 0 atom stereocenters. The van der Waals surface area contributed by atoms with E-state index in [2.05, 4.69) is 34.2 Å². The van der Waals surface area contributed by atoms with E-state index >= 15 is 0 Å². The van der Waals surface area contributed by atoms with E-state index in [4.69, 9.17) is 0 Å². The van der Waals surface area contributed by atoms with Crippen LogP contribution in [0.15, 0.2) is 18.3 Å². The van der Waals surface area contributed by atoms with Crippen molar-refractivity contribution < 1.29 is 9.53 Å². The summed E-state index contributed by atoms with van der Waals surface area (Å²) in [4.78, 5) is 15.1. The fourth-order valence-corrected chi connectivity index (χ4v) is 1.23. The van der Waals surface area contributed by atoms with Gasteiger partial charge in [-0.2, -0.15) is 0 Å². The molecule has 0 bridgehead atoms.